The molecule has 1 unspecified atom stereocenters. The molecule has 0 N–H and O–H groups in total. The normalized spacial score (nSPS) is 12.7. The lowest BCUT2D eigenvalue weighted by molar-refractivity contribution is -0.769. The Morgan fingerprint density at radius 2 is 1.59 bits per heavy atom. The molecular weight excluding hydrogens is 300 g/mol. The van der Waals surface area contributed by atoms with E-state index in [9.17, 15) is 8.42 Å². The first-order chi connectivity index (χ1) is 10.6. The second kappa shape index (κ2) is 7.82. The molecule has 0 saturated heterocycles. The van der Waals surface area contributed by atoms with Crippen LogP contribution in [0.2, 0.25) is 0 Å². The van der Waals surface area contributed by atoms with E-state index in [-0.39, 0.29) is 5.75 Å². The molecule has 0 radical (unpaired) electrons. The van der Waals surface area contributed by atoms with Gasteiger partial charge in [-0.1, -0.05) is 18.2 Å². The van der Waals surface area contributed by atoms with Crippen LogP contribution >= 0.6 is 0 Å². The SMILES string of the molecule is C=CCS(=O)(=O)OC(CC[n+]1ccccc1)[n+]1ccccc1. The minimum atomic E-state index is -3.63. The molecule has 6 heteroatoms. The van der Waals surface area contributed by atoms with Gasteiger partial charge in [0.25, 0.3) is 16.3 Å². The molecule has 22 heavy (non-hydrogen) atoms. The first-order valence-electron chi connectivity index (χ1n) is 7.02. The smallest absolute Gasteiger partial charge is 0.205 e. The van der Waals surface area contributed by atoms with Crippen molar-refractivity contribution in [1.82, 2.24) is 0 Å². The fraction of sp³-hybridized carbons (Fsp3) is 0.250. The van der Waals surface area contributed by atoms with Gasteiger partial charge >= 0.3 is 0 Å². The van der Waals surface area contributed by atoms with Gasteiger partial charge in [-0.25, -0.2) is 8.75 Å². The van der Waals surface area contributed by atoms with Crippen molar-refractivity contribution in [3.05, 3.63) is 73.8 Å². The molecule has 2 rings (SSSR count). The number of hydrogen-bond acceptors (Lipinski definition) is 3. The Hall–Kier alpha value is -2.05. The Bertz CT molecular complexity index is 688. The van der Waals surface area contributed by atoms with Crippen molar-refractivity contribution in [3.63, 3.8) is 0 Å². The summed E-state index contributed by atoms with van der Waals surface area (Å²) in [4.78, 5) is 0. The van der Waals surface area contributed by atoms with Crippen LogP contribution in [0.25, 0.3) is 0 Å². The predicted molar refractivity (Wildman–Crippen MR) is 82.0 cm³/mol. The summed E-state index contributed by atoms with van der Waals surface area (Å²) in [7, 11) is -3.63. The summed E-state index contributed by atoms with van der Waals surface area (Å²) in [6.07, 6.45) is 8.73. The molecule has 116 valence electrons. The average Bonchev–Trinajstić information content (AvgIpc) is 2.53. The molecule has 0 aromatic carbocycles. The molecule has 0 saturated carbocycles. The van der Waals surface area contributed by atoms with E-state index in [1.54, 1.807) is 17.0 Å². The molecule has 0 aliphatic carbocycles. The van der Waals surface area contributed by atoms with E-state index in [1.807, 2.05) is 53.4 Å². The van der Waals surface area contributed by atoms with Crippen LogP contribution in [0.4, 0.5) is 0 Å². The van der Waals surface area contributed by atoms with E-state index in [1.165, 1.54) is 6.08 Å². The monoisotopic (exact) mass is 320 g/mol. The fourth-order valence-corrected chi connectivity index (χ4v) is 2.95. The number of hydrogen-bond donors (Lipinski definition) is 0. The maximum absolute atomic E-state index is 11.9. The summed E-state index contributed by atoms with van der Waals surface area (Å²) >= 11 is 0. The molecule has 0 spiro atoms. The van der Waals surface area contributed by atoms with Gasteiger partial charge in [-0.05, 0) is 0 Å². The van der Waals surface area contributed by atoms with Crippen LogP contribution in [-0.2, 0) is 20.8 Å². The maximum Gasteiger partial charge on any atom is 0.283 e. The van der Waals surface area contributed by atoms with Crippen LogP contribution < -0.4 is 9.13 Å². The Labute approximate surface area is 131 Å². The van der Waals surface area contributed by atoms with Crippen molar-refractivity contribution < 1.29 is 21.7 Å². The van der Waals surface area contributed by atoms with Gasteiger partial charge in [0.05, 0.1) is 12.2 Å². The highest BCUT2D eigenvalue weighted by atomic mass is 32.2. The molecule has 0 fully saturated rings. The molecule has 0 aliphatic heterocycles. The van der Waals surface area contributed by atoms with Crippen molar-refractivity contribution >= 4 is 10.1 Å². The van der Waals surface area contributed by atoms with Gasteiger partial charge in [0.15, 0.2) is 31.3 Å². The topological polar surface area (TPSA) is 51.1 Å². The number of nitrogens with zero attached hydrogens (tertiary/aromatic N) is 2. The minimum Gasteiger partial charge on any atom is -0.205 e. The van der Waals surface area contributed by atoms with Gasteiger partial charge in [0, 0.05) is 24.3 Å². The highest BCUT2D eigenvalue weighted by molar-refractivity contribution is 7.86. The van der Waals surface area contributed by atoms with E-state index >= 15 is 0 Å². The summed E-state index contributed by atoms with van der Waals surface area (Å²) in [6.45, 7) is 4.10. The van der Waals surface area contributed by atoms with Gasteiger partial charge in [-0.2, -0.15) is 13.0 Å². The van der Waals surface area contributed by atoms with E-state index < -0.39 is 16.3 Å². The largest absolute Gasteiger partial charge is 0.283 e. The Kier molecular flexibility index (Phi) is 5.80. The van der Waals surface area contributed by atoms with Crippen LogP contribution in [0, 0.1) is 0 Å². The van der Waals surface area contributed by atoms with Crippen molar-refractivity contribution in [1.29, 1.82) is 0 Å². The van der Waals surface area contributed by atoms with Crippen LogP contribution in [0.15, 0.2) is 73.8 Å². The van der Waals surface area contributed by atoms with Gasteiger partial charge in [-0.3, -0.25) is 0 Å². The summed E-state index contributed by atoms with van der Waals surface area (Å²) in [5, 5.41) is 0. The summed E-state index contributed by atoms with van der Waals surface area (Å²) < 4.78 is 32.9. The molecule has 2 heterocycles. The lowest BCUT2D eigenvalue weighted by Gasteiger charge is -2.11. The summed E-state index contributed by atoms with van der Waals surface area (Å²) in [5.74, 6) is -0.199. The second-order valence-corrected chi connectivity index (χ2v) is 6.43. The molecule has 0 amide bonds. The highest BCUT2D eigenvalue weighted by Gasteiger charge is 2.27. The van der Waals surface area contributed by atoms with Crippen LogP contribution in [0.1, 0.15) is 12.6 Å². The van der Waals surface area contributed by atoms with E-state index in [0.29, 0.717) is 13.0 Å². The van der Waals surface area contributed by atoms with Gasteiger partial charge in [0.1, 0.15) is 0 Å². The van der Waals surface area contributed by atoms with Crippen LogP contribution in [0.5, 0.6) is 0 Å². The Balaban J connectivity index is 2.13. The summed E-state index contributed by atoms with van der Waals surface area (Å²) in [6, 6.07) is 11.3. The highest BCUT2D eigenvalue weighted by Crippen LogP contribution is 2.10. The molecule has 2 aromatic heterocycles. The molecule has 1 atom stereocenters. The lowest BCUT2D eigenvalue weighted by atomic mass is 10.3. The minimum absolute atomic E-state index is 0.199. The molecule has 5 nitrogen and oxygen atoms in total. The quantitative estimate of drug-likeness (QED) is 0.419. The van der Waals surface area contributed by atoms with Crippen molar-refractivity contribution in [2.24, 2.45) is 0 Å². The van der Waals surface area contributed by atoms with Crippen LogP contribution in [0.3, 0.4) is 0 Å². The zero-order valence-electron chi connectivity index (χ0n) is 12.3. The van der Waals surface area contributed by atoms with Crippen molar-refractivity contribution in [2.75, 3.05) is 5.75 Å². The van der Waals surface area contributed by atoms with Gasteiger partial charge < -0.3 is 0 Å². The van der Waals surface area contributed by atoms with E-state index in [4.69, 9.17) is 4.18 Å². The van der Waals surface area contributed by atoms with Crippen LogP contribution in [-0.4, -0.2) is 14.2 Å². The summed E-state index contributed by atoms with van der Waals surface area (Å²) in [5.41, 5.74) is 0. The molecular formula is C16H20N2O3S+2. The third kappa shape index (κ3) is 5.05. The molecule has 2 aromatic rings. The van der Waals surface area contributed by atoms with Gasteiger partial charge in [-0.15, -0.1) is 6.58 Å². The third-order valence-electron chi connectivity index (χ3n) is 3.06. The first kappa shape index (κ1) is 16.3. The van der Waals surface area contributed by atoms with E-state index in [2.05, 4.69) is 6.58 Å². The zero-order chi connectivity index (χ0) is 15.8. The van der Waals surface area contributed by atoms with Crippen molar-refractivity contribution in [3.8, 4) is 0 Å². The lowest BCUT2D eigenvalue weighted by Crippen LogP contribution is -2.44. The Morgan fingerprint density at radius 3 is 2.18 bits per heavy atom. The second-order valence-electron chi connectivity index (χ2n) is 4.79. The predicted octanol–water partition coefficient (Wildman–Crippen LogP) is 1.38. The third-order valence-corrected chi connectivity index (χ3v) is 4.22. The Morgan fingerprint density at radius 1 is 1.00 bits per heavy atom. The van der Waals surface area contributed by atoms with E-state index in [0.717, 1.165) is 0 Å². The number of rotatable bonds is 8. The van der Waals surface area contributed by atoms with Crippen molar-refractivity contribution in [2.45, 2.75) is 19.2 Å². The van der Waals surface area contributed by atoms with Gasteiger partial charge in [0.2, 0.25) is 0 Å². The number of pyridine rings is 2. The number of aromatic nitrogens is 2. The first-order valence-corrected chi connectivity index (χ1v) is 8.60. The maximum atomic E-state index is 11.9. The zero-order valence-corrected chi connectivity index (χ0v) is 13.1. The number of aryl methyl sites for hydroxylation is 1. The molecule has 0 bridgehead atoms. The average molecular weight is 320 g/mol. The molecule has 0 aliphatic rings. The standard InChI is InChI=1S/C16H20N2O3S/c1-2-15-22(19,20)21-16(18-12-7-4-8-13-18)9-14-17-10-5-3-6-11-17/h2-8,10-13,16H,1,9,14-15H2/q+2. The fourth-order valence-electron chi connectivity index (χ4n) is 2.05.